The summed E-state index contributed by atoms with van der Waals surface area (Å²) in [6.45, 7) is 6.27. The molecule has 1 aromatic carbocycles. The lowest BCUT2D eigenvalue weighted by Crippen LogP contribution is -2.13. The van der Waals surface area contributed by atoms with Crippen LogP contribution in [-0.4, -0.2) is 11.9 Å². The highest BCUT2D eigenvalue weighted by Crippen LogP contribution is 2.33. The normalized spacial score (nSPS) is 10.6. The average Bonchev–Trinajstić information content (AvgIpc) is 2.66. The van der Waals surface area contributed by atoms with E-state index in [1.807, 2.05) is 26.0 Å². The number of carbonyl (C=O) groups excluding carboxylic acids is 2. The predicted octanol–water partition coefficient (Wildman–Crippen LogP) is 6.39. The molecular formula is C23H36O4. The molecule has 1 rings (SSSR count). The molecule has 0 aliphatic rings. The van der Waals surface area contributed by atoms with Crippen LogP contribution in [0.25, 0.3) is 0 Å². The molecule has 0 aliphatic carbocycles. The van der Waals surface area contributed by atoms with Crippen molar-refractivity contribution >= 4 is 11.9 Å². The first-order valence-electron chi connectivity index (χ1n) is 10.7. The molecule has 0 saturated heterocycles. The van der Waals surface area contributed by atoms with Crippen molar-refractivity contribution in [2.75, 3.05) is 0 Å². The summed E-state index contributed by atoms with van der Waals surface area (Å²) in [5.41, 5.74) is 0.942. The van der Waals surface area contributed by atoms with E-state index in [-0.39, 0.29) is 11.9 Å². The summed E-state index contributed by atoms with van der Waals surface area (Å²) in [5.74, 6) is 0.259. The van der Waals surface area contributed by atoms with Crippen LogP contribution in [0, 0.1) is 0 Å². The van der Waals surface area contributed by atoms with Crippen LogP contribution in [0.1, 0.15) is 97.0 Å². The quantitative estimate of drug-likeness (QED) is 0.214. The molecule has 0 heterocycles. The highest BCUT2D eigenvalue weighted by Gasteiger charge is 2.17. The number of carbonyl (C=O) groups is 2. The van der Waals surface area contributed by atoms with E-state index in [4.69, 9.17) is 9.47 Å². The van der Waals surface area contributed by atoms with Crippen molar-refractivity contribution < 1.29 is 19.1 Å². The summed E-state index contributed by atoms with van der Waals surface area (Å²) in [4.78, 5) is 24.2. The topological polar surface area (TPSA) is 52.6 Å². The largest absolute Gasteiger partial charge is 0.423 e. The molecule has 0 spiro atoms. The Bertz CT molecular complexity index is 565. The number of aryl methyl sites for hydroxylation is 1. The van der Waals surface area contributed by atoms with E-state index in [1.54, 1.807) is 6.07 Å². The third kappa shape index (κ3) is 9.60. The van der Waals surface area contributed by atoms with Gasteiger partial charge in [0.05, 0.1) is 0 Å². The minimum Gasteiger partial charge on any atom is -0.423 e. The van der Waals surface area contributed by atoms with E-state index < -0.39 is 0 Å². The summed E-state index contributed by atoms with van der Waals surface area (Å²) in [5, 5.41) is 0. The Morgan fingerprint density at radius 3 is 1.96 bits per heavy atom. The number of benzene rings is 1. The van der Waals surface area contributed by atoms with Gasteiger partial charge in [-0.3, -0.25) is 9.59 Å². The molecule has 0 fully saturated rings. The number of esters is 2. The molecule has 0 amide bonds. The van der Waals surface area contributed by atoms with Gasteiger partial charge in [-0.1, -0.05) is 71.4 Å². The summed E-state index contributed by atoms with van der Waals surface area (Å²) >= 11 is 0. The molecular weight excluding hydrogens is 340 g/mol. The number of hydrogen-bond donors (Lipinski definition) is 0. The standard InChI is InChI=1S/C23H36O4/c1-4-7-10-11-12-14-19-15-13-16-20(26-21(24)17-8-5-2)23(19)27-22(25)18-9-6-3/h13,15-16H,4-12,14,17-18H2,1-3H3. The maximum Gasteiger partial charge on any atom is 0.311 e. The number of rotatable bonds is 14. The van der Waals surface area contributed by atoms with Crippen molar-refractivity contribution in [1.29, 1.82) is 0 Å². The van der Waals surface area contributed by atoms with E-state index >= 15 is 0 Å². The van der Waals surface area contributed by atoms with E-state index in [9.17, 15) is 9.59 Å². The minimum absolute atomic E-state index is 0.263. The maximum atomic E-state index is 12.2. The van der Waals surface area contributed by atoms with Gasteiger partial charge in [-0.05, 0) is 37.3 Å². The van der Waals surface area contributed by atoms with Gasteiger partial charge in [0.25, 0.3) is 0 Å². The Balaban J connectivity index is 2.87. The first kappa shape index (κ1) is 23.2. The second-order valence-corrected chi connectivity index (χ2v) is 7.06. The Morgan fingerprint density at radius 1 is 0.741 bits per heavy atom. The molecule has 0 unspecified atom stereocenters. The van der Waals surface area contributed by atoms with Crippen molar-refractivity contribution in [3.63, 3.8) is 0 Å². The third-order valence-electron chi connectivity index (χ3n) is 4.52. The van der Waals surface area contributed by atoms with Crippen LogP contribution >= 0.6 is 0 Å². The van der Waals surface area contributed by atoms with Crippen LogP contribution in [0.5, 0.6) is 11.5 Å². The number of unbranched alkanes of at least 4 members (excludes halogenated alkanes) is 6. The smallest absolute Gasteiger partial charge is 0.311 e. The molecule has 0 atom stereocenters. The number of para-hydroxylation sites is 1. The van der Waals surface area contributed by atoms with E-state index in [0.717, 1.165) is 50.5 Å². The maximum absolute atomic E-state index is 12.2. The molecule has 4 heteroatoms. The van der Waals surface area contributed by atoms with E-state index in [2.05, 4.69) is 6.92 Å². The van der Waals surface area contributed by atoms with Crippen molar-refractivity contribution in [2.24, 2.45) is 0 Å². The van der Waals surface area contributed by atoms with Gasteiger partial charge in [0.15, 0.2) is 11.5 Å². The predicted molar refractivity (Wildman–Crippen MR) is 109 cm³/mol. The summed E-state index contributed by atoms with van der Waals surface area (Å²) in [6, 6.07) is 5.55. The van der Waals surface area contributed by atoms with Gasteiger partial charge in [0, 0.05) is 12.8 Å². The number of hydrogen-bond acceptors (Lipinski definition) is 4. The SMILES string of the molecule is CCCCCCCc1cccc(OC(=O)CCCC)c1OC(=O)CCCC. The van der Waals surface area contributed by atoms with E-state index in [1.165, 1.54) is 19.3 Å². The van der Waals surface area contributed by atoms with Gasteiger partial charge in [-0.2, -0.15) is 0 Å². The monoisotopic (exact) mass is 376 g/mol. The summed E-state index contributed by atoms with van der Waals surface area (Å²) in [7, 11) is 0. The van der Waals surface area contributed by atoms with Crippen LogP contribution in [0.3, 0.4) is 0 Å². The Kier molecular flexibility index (Phi) is 12.2. The van der Waals surface area contributed by atoms with Crippen LogP contribution in [0.15, 0.2) is 18.2 Å². The van der Waals surface area contributed by atoms with Crippen LogP contribution in [0.2, 0.25) is 0 Å². The Hall–Kier alpha value is -1.84. The second kappa shape index (κ2) is 14.2. The summed E-state index contributed by atoms with van der Waals surface area (Å²) in [6.07, 6.45) is 10.9. The fourth-order valence-corrected chi connectivity index (χ4v) is 2.85. The van der Waals surface area contributed by atoms with Gasteiger partial charge >= 0.3 is 11.9 Å². The Morgan fingerprint density at radius 2 is 1.33 bits per heavy atom. The van der Waals surface area contributed by atoms with Crippen molar-refractivity contribution in [2.45, 2.75) is 97.8 Å². The van der Waals surface area contributed by atoms with E-state index in [0.29, 0.717) is 24.3 Å². The molecule has 0 aromatic heterocycles. The molecule has 1 aromatic rings. The van der Waals surface area contributed by atoms with Gasteiger partial charge in [-0.25, -0.2) is 0 Å². The molecule has 27 heavy (non-hydrogen) atoms. The third-order valence-corrected chi connectivity index (χ3v) is 4.52. The highest BCUT2D eigenvalue weighted by atomic mass is 16.6. The lowest BCUT2D eigenvalue weighted by molar-refractivity contribution is -0.137. The fourth-order valence-electron chi connectivity index (χ4n) is 2.85. The molecule has 152 valence electrons. The molecule has 0 saturated carbocycles. The molecule has 0 radical (unpaired) electrons. The second-order valence-electron chi connectivity index (χ2n) is 7.06. The van der Waals surface area contributed by atoms with Gasteiger partial charge in [0.1, 0.15) is 0 Å². The zero-order chi connectivity index (χ0) is 19.9. The first-order valence-corrected chi connectivity index (χ1v) is 10.7. The van der Waals surface area contributed by atoms with Crippen LogP contribution < -0.4 is 9.47 Å². The molecule has 0 aliphatic heterocycles. The zero-order valence-corrected chi connectivity index (χ0v) is 17.4. The van der Waals surface area contributed by atoms with Gasteiger partial charge in [0.2, 0.25) is 0 Å². The van der Waals surface area contributed by atoms with Crippen molar-refractivity contribution in [1.82, 2.24) is 0 Å². The van der Waals surface area contributed by atoms with Crippen molar-refractivity contribution in [3.8, 4) is 11.5 Å². The first-order chi connectivity index (χ1) is 13.1. The Labute approximate surface area is 164 Å². The number of ether oxygens (including phenoxy) is 2. The average molecular weight is 377 g/mol. The lowest BCUT2D eigenvalue weighted by atomic mass is 10.0. The lowest BCUT2D eigenvalue weighted by Gasteiger charge is -2.15. The van der Waals surface area contributed by atoms with Gasteiger partial charge in [-0.15, -0.1) is 0 Å². The molecule has 4 nitrogen and oxygen atoms in total. The fraction of sp³-hybridized carbons (Fsp3) is 0.652. The summed E-state index contributed by atoms with van der Waals surface area (Å²) < 4.78 is 11.2. The van der Waals surface area contributed by atoms with Crippen molar-refractivity contribution in [3.05, 3.63) is 23.8 Å². The molecule has 0 N–H and O–H groups in total. The van der Waals surface area contributed by atoms with Crippen LogP contribution in [0.4, 0.5) is 0 Å². The zero-order valence-electron chi connectivity index (χ0n) is 17.4. The van der Waals surface area contributed by atoms with Gasteiger partial charge < -0.3 is 9.47 Å². The minimum atomic E-state index is -0.275. The molecule has 0 bridgehead atoms. The van der Waals surface area contributed by atoms with Crippen LogP contribution in [-0.2, 0) is 16.0 Å². The highest BCUT2D eigenvalue weighted by molar-refractivity contribution is 5.76.